The molecule has 2 rings (SSSR count). The third kappa shape index (κ3) is 2.84. The molecular weight excluding hydrogens is 254 g/mol. The Balaban J connectivity index is 2.37. The number of nitriles is 1. The zero-order chi connectivity index (χ0) is 13.1. The van der Waals surface area contributed by atoms with E-state index in [0.29, 0.717) is 16.3 Å². The highest BCUT2D eigenvalue weighted by Crippen LogP contribution is 2.29. The maximum atomic E-state index is 13.5. The van der Waals surface area contributed by atoms with Gasteiger partial charge in [0.1, 0.15) is 16.7 Å². The van der Waals surface area contributed by atoms with Crippen molar-refractivity contribution in [2.75, 3.05) is 0 Å². The Hall–Kier alpha value is -1.93. The van der Waals surface area contributed by atoms with Crippen LogP contribution in [0.15, 0.2) is 40.3 Å². The van der Waals surface area contributed by atoms with Crippen LogP contribution < -0.4 is 0 Å². The highest BCUT2D eigenvalue weighted by molar-refractivity contribution is 7.99. The second-order valence-electron chi connectivity index (χ2n) is 3.62. The standard InChI is InChI=1S/C13H8F2N2S/c1-8-4-9(7-16)5-13(17-8)18-12-6-10(14)2-3-11(12)15/h2-6H,1H3. The number of pyridine rings is 1. The molecule has 0 amide bonds. The van der Waals surface area contributed by atoms with E-state index < -0.39 is 11.6 Å². The Labute approximate surface area is 107 Å². The fourth-order valence-electron chi connectivity index (χ4n) is 1.42. The normalized spacial score (nSPS) is 10.1. The van der Waals surface area contributed by atoms with Crippen LogP contribution in [-0.2, 0) is 0 Å². The van der Waals surface area contributed by atoms with Gasteiger partial charge in [-0.1, -0.05) is 11.8 Å². The molecule has 0 aliphatic carbocycles. The molecule has 0 bridgehead atoms. The molecule has 0 radical (unpaired) electrons. The zero-order valence-corrected chi connectivity index (χ0v) is 10.3. The lowest BCUT2D eigenvalue weighted by Gasteiger charge is -2.04. The molecule has 18 heavy (non-hydrogen) atoms. The molecule has 0 N–H and O–H groups in total. The van der Waals surface area contributed by atoms with E-state index in [1.807, 2.05) is 6.07 Å². The van der Waals surface area contributed by atoms with E-state index in [2.05, 4.69) is 4.98 Å². The average molecular weight is 262 g/mol. The van der Waals surface area contributed by atoms with E-state index in [1.165, 1.54) is 0 Å². The number of aromatic nitrogens is 1. The summed E-state index contributed by atoms with van der Waals surface area (Å²) in [4.78, 5) is 4.32. The van der Waals surface area contributed by atoms with Crippen molar-refractivity contribution >= 4 is 11.8 Å². The Kier molecular flexibility index (Phi) is 3.58. The first kappa shape index (κ1) is 12.5. The van der Waals surface area contributed by atoms with Crippen LogP contribution in [0.5, 0.6) is 0 Å². The Morgan fingerprint density at radius 2 is 2.00 bits per heavy atom. The molecule has 0 fully saturated rings. The minimum atomic E-state index is -0.511. The second-order valence-corrected chi connectivity index (χ2v) is 4.69. The number of benzene rings is 1. The summed E-state index contributed by atoms with van der Waals surface area (Å²) in [5.74, 6) is -1.02. The Morgan fingerprint density at radius 3 is 2.72 bits per heavy atom. The van der Waals surface area contributed by atoms with Gasteiger partial charge in [0.2, 0.25) is 0 Å². The SMILES string of the molecule is Cc1cc(C#N)cc(Sc2cc(F)ccc2F)n1. The summed E-state index contributed by atoms with van der Waals surface area (Å²) in [6.07, 6.45) is 0. The van der Waals surface area contributed by atoms with Crippen molar-refractivity contribution in [3.05, 3.63) is 53.2 Å². The monoisotopic (exact) mass is 262 g/mol. The van der Waals surface area contributed by atoms with Gasteiger partial charge in [0, 0.05) is 5.69 Å². The molecule has 0 unspecified atom stereocenters. The summed E-state index contributed by atoms with van der Waals surface area (Å²) in [6, 6.07) is 8.41. The van der Waals surface area contributed by atoms with E-state index in [9.17, 15) is 8.78 Å². The number of aryl methyl sites for hydroxylation is 1. The smallest absolute Gasteiger partial charge is 0.137 e. The van der Waals surface area contributed by atoms with E-state index in [-0.39, 0.29) is 4.90 Å². The van der Waals surface area contributed by atoms with Gasteiger partial charge in [-0.15, -0.1) is 0 Å². The van der Waals surface area contributed by atoms with E-state index in [4.69, 9.17) is 5.26 Å². The first-order chi connectivity index (χ1) is 8.58. The molecule has 2 nitrogen and oxygen atoms in total. The summed E-state index contributed by atoms with van der Waals surface area (Å²) in [5.41, 5.74) is 1.11. The first-order valence-electron chi connectivity index (χ1n) is 5.10. The van der Waals surface area contributed by atoms with Gasteiger partial charge in [-0.2, -0.15) is 5.26 Å². The van der Waals surface area contributed by atoms with Gasteiger partial charge in [-0.3, -0.25) is 0 Å². The summed E-state index contributed by atoms with van der Waals surface area (Å²) in [5, 5.41) is 9.30. The van der Waals surface area contributed by atoms with Gasteiger partial charge in [0.05, 0.1) is 16.5 Å². The van der Waals surface area contributed by atoms with Crippen LogP contribution in [-0.4, -0.2) is 4.98 Å². The molecule has 0 aliphatic rings. The van der Waals surface area contributed by atoms with Crippen LogP contribution in [0.3, 0.4) is 0 Å². The highest BCUT2D eigenvalue weighted by Gasteiger charge is 2.08. The number of halogens is 2. The lowest BCUT2D eigenvalue weighted by molar-refractivity contribution is 0.577. The summed E-state index contributed by atoms with van der Waals surface area (Å²) >= 11 is 0.995. The minimum Gasteiger partial charge on any atom is -0.246 e. The zero-order valence-electron chi connectivity index (χ0n) is 9.45. The molecule has 90 valence electrons. The third-order valence-electron chi connectivity index (χ3n) is 2.17. The van der Waals surface area contributed by atoms with Crippen molar-refractivity contribution in [3.63, 3.8) is 0 Å². The van der Waals surface area contributed by atoms with Gasteiger partial charge < -0.3 is 0 Å². The molecule has 2 aromatic rings. The molecule has 1 aromatic heterocycles. The number of hydrogen-bond donors (Lipinski definition) is 0. The molecule has 0 atom stereocenters. The van der Waals surface area contributed by atoms with E-state index >= 15 is 0 Å². The predicted octanol–water partition coefficient (Wildman–Crippen LogP) is 3.69. The third-order valence-corrected chi connectivity index (χ3v) is 3.12. The molecule has 0 spiro atoms. The fourth-order valence-corrected chi connectivity index (χ4v) is 2.36. The van der Waals surface area contributed by atoms with Gasteiger partial charge in [0.25, 0.3) is 0 Å². The van der Waals surface area contributed by atoms with Crippen LogP contribution in [0.25, 0.3) is 0 Å². The first-order valence-corrected chi connectivity index (χ1v) is 5.92. The van der Waals surface area contributed by atoms with Crippen molar-refractivity contribution in [3.8, 4) is 6.07 Å². The van der Waals surface area contributed by atoms with Gasteiger partial charge >= 0.3 is 0 Å². The molecule has 0 saturated heterocycles. The molecular formula is C13H8F2N2S. The van der Waals surface area contributed by atoms with Crippen molar-refractivity contribution in [1.82, 2.24) is 4.98 Å². The number of nitrogens with zero attached hydrogens (tertiary/aromatic N) is 2. The maximum Gasteiger partial charge on any atom is 0.137 e. The van der Waals surface area contributed by atoms with Crippen LogP contribution in [0.4, 0.5) is 8.78 Å². The topological polar surface area (TPSA) is 36.7 Å². The van der Waals surface area contributed by atoms with Crippen molar-refractivity contribution < 1.29 is 8.78 Å². The molecule has 0 aliphatic heterocycles. The van der Waals surface area contributed by atoms with Crippen LogP contribution >= 0.6 is 11.8 Å². The van der Waals surface area contributed by atoms with Crippen molar-refractivity contribution in [2.45, 2.75) is 16.8 Å². The van der Waals surface area contributed by atoms with E-state index in [0.717, 1.165) is 30.0 Å². The quantitative estimate of drug-likeness (QED) is 0.828. The van der Waals surface area contributed by atoms with Gasteiger partial charge in [0.15, 0.2) is 0 Å². The lowest BCUT2D eigenvalue weighted by Crippen LogP contribution is -1.89. The Morgan fingerprint density at radius 1 is 1.22 bits per heavy atom. The number of rotatable bonds is 2. The fraction of sp³-hybridized carbons (Fsp3) is 0.0769. The average Bonchev–Trinajstić information content (AvgIpc) is 2.33. The summed E-state index contributed by atoms with van der Waals surface area (Å²) in [7, 11) is 0. The Bertz CT molecular complexity index is 635. The van der Waals surface area contributed by atoms with Crippen LogP contribution in [0.2, 0.25) is 0 Å². The van der Waals surface area contributed by atoms with Crippen molar-refractivity contribution in [1.29, 1.82) is 5.26 Å². The van der Waals surface area contributed by atoms with Gasteiger partial charge in [-0.25, -0.2) is 13.8 Å². The summed E-state index contributed by atoms with van der Waals surface area (Å²) in [6.45, 7) is 1.74. The minimum absolute atomic E-state index is 0.150. The van der Waals surface area contributed by atoms with Crippen LogP contribution in [0.1, 0.15) is 11.3 Å². The lowest BCUT2D eigenvalue weighted by atomic mass is 10.2. The van der Waals surface area contributed by atoms with E-state index in [1.54, 1.807) is 19.1 Å². The molecule has 5 heteroatoms. The molecule has 1 aromatic carbocycles. The summed E-state index contributed by atoms with van der Waals surface area (Å²) < 4.78 is 26.5. The predicted molar refractivity (Wildman–Crippen MR) is 64.2 cm³/mol. The molecule has 1 heterocycles. The van der Waals surface area contributed by atoms with Crippen molar-refractivity contribution in [2.24, 2.45) is 0 Å². The highest BCUT2D eigenvalue weighted by atomic mass is 32.2. The molecule has 0 saturated carbocycles. The second kappa shape index (κ2) is 5.15. The largest absolute Gasteiger partial charge is 0.246 e. The number of hydrogen-bond acceptors (Lipinski definition) is 3. The van der Waals surface area contributed by atoms with Gasteiger partial charge in [-0.05, 0) is 37.3 Å². The maximum absolute atomic E-state index is 13.5. The van der Waals surface area contributed by atoms with Crippen LogP contribution in [0, 0.1) is 29.9 Å².